The van der Waals surface area contributed by atoms with E-state index in [-0.39, 0.29) is 0 Å². The second-order valence-electron chi connectivity index (χ2n) is 4.77. The lowest BCUT2D eigenvalue weighted by Crippen LogP contribution is -2.47. The average molecular weight is 271 g/mol. The van der Waals surface area contributed by atoms with E-state index in [9.17, 15) is 13.2 Å². The molecule has 0 saturated heterocycles. The van der Waals surface area contributed by atoms with Gasteiger partial charge in [-0.2, -0.15) is 13.2 Å². The molecule has 1 aliphatic rings. The van der Waals surface area contributed by atoms with E-state index in [1.165, 1.54) is 12.1 Å². The van der Waals surface area contributed by atoms with E-state index in [0.717, 1.165) is 6.07 Å². The normalized spacial score (nSPS) is 23.6. The second-order valence-corrected chi connectivity index (χ2v) is 4.77. The summed E-state index contributed by atoms with van der Waals surface area (Å²) in [4.78, 5) is 5.97. The molecule has 0 aromatic heterocycles. The molecule has 19 heavy (non-hydrogen) atoms. The van der Waals surface area contributed by atoms with Crippen molar-refractivity contribution < 1.29 is 13.2 Å². The maximum absolute atomic E-state index is 12.8. The summed E-state index contributed by atoms with van der Waals surface area (Å²) in [7, 11) is 0. The van der Waals surface area contributed by atoms with Gasteiger partial charge in [0.2, 0.25) is 0 Å². The Labute approximate surface area is 109 Å². The topological polar surface area (TPSA) is 41.6 Å². The summed E-state index contributed by atoms with van der Waals surface area (Å²) in [5.41, 5.74) is 5.10. The Morgan fingerprint density at radius 2 is 2.11 bits per heavy atom. The lowest BCUT2D eigenvalue weighted by molar-refractivity contribution is -0.137. The first-order chi connectivity index (χ1) is 8.79. The van der Waals surface area contributed by atoms with Gasteiger partial charge in [-0.05, 0) is 31.5 Å². The molecule has 0 spiro atoms. The molecule has 1 heterocycles. The lowest BCUT2D eigenvalue weighted by atomic mass is 9.90. The minimum atomic E-state index is -4.34. The quantitative estimate of drug-likeness (QED) is 0.898. The van der Waals surface area contributed by atoms with Crippen LogP contribution in [-0.2, 0) is 11.7 Å². The molecule has 1 aliphatic heterocycles. The van der Waals surface area contributed by atoms with Crippen molar-refractivity contribution in [2.24, 2.45) is 10.7 Å². The van der Waals surface area contributed by atoms with Crippen LogP contribution in [0, 0.1) is 0 Å². The van der Waals surface area contributed by atoms with Gasteiger partial charge in [-0.3, -0.25) is 4.99 Å². The van der Waals surface area contributed by atoms with Gasteiger partial charge < -0.3 is 10.6 Å². The van der Waals surface area contributed by atoms with Crippen LogP contribution in [-0.4, -0.2) is 23.9 Å². The predicted molar refractivity (Wildman–Crippen MR) is 67.7 cm³/mol. The third-order valence-electron chi connectivity index (χ3n) is 3.55. The number of guanidine groups is 1. The fraction of sp³-hybridized carbons (Fsp3) is 0.462. The average Bonchev–Trinajstić information content (AvgIpc) is 2.65. The number of nitrogens with zero attached hydrogens (tertiary/aromatic N) is 2. The molecule has 0 aliphatic carbocycles. The van der Waals surface area contributed by atoms with Crippen LogP contribution in [0.25, 0.3) is 0 Å². The summed E-state index contributed by atoms with van der Waals surface area (Å²) in [5.74, 6) is 0.377. The first kappa shape index (κ1) is 13.7. The Morgan fingerprint density at radius 3 is 2.68 bits per heavy atom. The van der Waals surface area contributed by atoms with E-state index in [1.807, 2.05) is 18.7 Å². The number of likely N-dealkylation sites (N-methyl/N-ethyl adjacent to an activating group) is 1. The van der Waals surface area contributed by atoms with E-state index >= 15 is 0 Å². The number of rotatable bonds is 2. The van der Waals surface area contributed by atoms with Crippen molar-refractivity contribution in [3.05, 3.63) is 35.4 Å². The molecule has 0 fully saturated rings. The van der Waals surface area contributed by atoms with Gasteiger partial charge in [-0.15, -0.1) is 0 Å². The van der Waals surface area contributed by atoms with Crippen LogP contribution in [0.15, 0.2) is 29.3 Å². The molecule has 3 nitrogen and oxygen atoms in total. The molecule has 2 rings (SSSR count). The smallest absolute Gasteiger partial charge is 0.370 e. The first-order valence-corrected chi connectivity index (χ1v) is 6.04. The van der Waals surface area contributed by atoms with Crippen LogP contribution in [0.3, 0.4) is 0 Å². The van der Waals surface area contributed by atoms with Crippen molar-refractivity contribution in [1.82, 2.24) is 4.90 Å². The van der Waals surface area contributed by atoms with E-state index in [0.29, 0.717) is 24.6 Å². The summed E-state index contributed by atoms with van der Waals surface area (Å²) in [6.45, 7) is 4.73. The molecule has 0 bridgehead atoms. The van der Waals surface area contributed by atoms with Crippen LogP contribution < -0.4 is 5.73 Å². The number of halogens is 3. The van der Waals surface area contributed by atoms with Gasteiger partial charge in [-0.25, -0.2) is 0 Å². The van der Waals surface area contributed by atoms with Crippen LogP contribution in [0.5, 0.6) is 0 Å². The largest absolute Gasteiger partial charge is 0.416 e. The zero-order chi connectivity index (χ0) is 14.3. The van der Waals surface area contributed by atoms with E-state index in [1.54, 1.807) is 6.07 Å². The molecule has 0 amide bonds. The number of hydrogen-bond acceptors (Lipinski definition) is 3. The fourth-order valence-corrected chi connectivity index (χ4v) is 2.45. The molecule has 1 aromatic carbocycles. The molecule has 6 heteroatoms. The monoisotopic (exact) mass is 271 g/mol. The number of hydrogen-bond donors (Lipinski definition) is 1. The van der Waals surface area contributed by atoms with E-state index in [4.69, 9.17) is 5.73 Å². The molecule has 1 unspecified atom stereocenters. The van der Waals surface area contributed by atoms with Gasteiger partial charge in [0.15, 0.2) is 5.96 Å². The van der Waals surface area contributed by atoms with Gasteiger partial charge in [0.1, 0.15) is 0 Å². The van der Waals surface area contributed by atoms with Crippen molar-refractivity contribution in [3.8, 4) is 0 Å². The Kier molecular flexibility index (Phi) is 3.20. The molecule has 104 valence electrons. The fourth-order valence-electron chi connectivity index (χ4n) is 2.45. The third-order valence-corrected chi connectivity index (χ3v) is 3.55. The van der Waals surface area contributed by atoms with Gasteiger partial charge >= 0.3 is 6.18 Å². The summed E-state index contributed by atoms with van der Waals surface area (Å²) < 4.78 is 38.3. The minimum absolute atomic E-state index is 0.369. The summed E-state index contributed by atoms with van der Waals surface area (Å²) in [6.07, 6.45) is -4.34. The van der Waals surface area contributed by atoms with Crippen molar-refractivity contribution in [2.45, 2.75) is 25.6 Å². The maximum Gasteiger partial charge on any atom is 0.416 e. The maximum atomic E-state index is 12.8. The summed E-state index contributed by atoms with van der Waals surface area (Å²) in [6, 6.07) is 5.36. The Balaban J connectivity index is 2.43. The van der Waals surface area contributed by atoms with Crippen molar-refractivity contribution in [1.29, 1.82) is 0 Å². The molecule has 0 saturated carbocycles. The molecule has 1 aromatic rings. The second kappa shape index (κ2) is 4.43. The van der Waals surface area contributed by atoms with Crippen LogP contribution in [0.2, 0.25) is 0 Å². The van der Waals surface area contributed by atoms with Gasteiger partial charge in [-0.1, -0.05) is 12.1 Å². The molecular weight excluding hydrogens is 255 g/mol. The zero-order valence-corrected chi connectivity index (χ0v) is 10.8. The highest BCUT2D eigenvalue weighted by Gasteiger charge is 2.40. The number of alkyl halides is 3. The lowest BCUT2D eigenvalue weighted by Gasteiger charge is -2.36. The van der Waals surface area contributed by atoms with E-state index in [2.05, 4.69) is 4.99 Å². The summed E-state index contributed by atoms with van der Waals surface area (Å²) in [5, 5.41) is 0. The van der Waals surface area contributed by atoms with Crippen LogP contribution in [0.1, 0.15) is 25.0 Å². The number of aliphatic imine (C=N–C) groups is 1. The number of benzene rings is 1. The number of nitrogens with two attached hydrogens (primary N) is 1. The molecule has 0 radical (unpaired) electrons. The van der Waals surface area contributed by atoms with Crippen molar-refractivity contribution in [2.75, 3.05) is 13.1 Å². The zero-order valence-electron chi connectivity index (χ0n) is 10.8. The molecular formula is C13H16F3N3. The van der Waals surface area contributed by atoms with Crippen LogP contribution >= 0.6 is 0 Å². The highest BCUT2D eigenvalue weighted by molar-refractivity contribution is 5.81. The van der Waals surface area contributed by atoms with Gasteiger partial charge in [0, 0.05) is 6.54 Å². The predicted octanol–water partition coefficient (Wildman–Crippen LogP) is 2.57. The van der Waals surface area contributed by atoms with Gasteiger partial charge in [0.25, 0.3) is 0 Å². The Bertz CT molecular complexity index is 510. The minimum Gasteiger partial charge on any atom is -0.370 e. The standard InChI is InChI=1S/C13H16F3N3/c1-3-19-11(17)18-8-12(19,2)9-5-4-6-10(7-9)13(14,15)16/h4-7H,3,8H2,1-2H3,(H2,17,18). The third kappa shape index (κ3) is 2.27. The van der Waals surface area contributed by atoms with Crippen molar-refractivity contribution >= 4 is 5.96 Å². The van der Waals surface area contributed by atoms with E-state index < -0.39 is 17.3 Å². The highest BCUT2D eigenvalue weighted by atomic mass is 19.4. The Hall–Kier alpha value is -1.72. The highest BCUT2D eigenvalue weighted by Crippen LogP contribution is 2.36. The van der Waals surface area contributed by atoms with Crippen LogP contribution in [0.4, 0.5) is 13.2 Å². The van der Waals surface area contributed by atoms with Crippen molar-refractivity contribution in [3.63, 3.8) is 0 Å². The SMILES string of the molecule is CCN1C(N)=NCC1(C)c1cccc(C(F)(F)F)c1. The Morgan fingerprint density at radius 1 is 1.42 bits per heavy atom. The summed E-state index contributed by atoms with van der Waals surface area (Å²) >= 11 is 0. The van der Waals surface area contributed by atoms with Gasteiger partial charge in [0.05, 0.1) is 17.6 Å². The first-order valence-electron chi connectivity index (χ1n) is 6.04. The molecule has 1 atom stereocenters. The molecule has 2 N–H and O–H groups in total.